The number of pyridine rings is 1. The normalized spacial score (nSPS) is 10.6. The number of carboxylic acids is 1. The number of benzene rings is 3. The van der Waals surface area contributed by atoms with E-state index in [1.807, 2.05) is 49.4 Å². The number of carboxylic acid groups (broad SMARTS) is 1. The van der Waals surface area contributed by atoms with E-state index in [2.05, 4.69) is 10.3 Å². The van der Waals surface area contributed by atoms with Crippen molar-refractivity contribution in [3.05, 3.63) is 90.1 Å². The summed E-state index contributed by atoms with van der Waals surface area (Å²) in [6.07, 6.45) is 1.30. The molecule has 6 nitrogen and oxygen atoms in total. The molecule has 4 aromatic rings. The molecule has 31 heavy (non-hydrogen) atoms. The summed E-state index contributed by atoms with van der Waals surface area (Å²) >= 11 is 0. The topological polar surface area (TPSA) is 88.5 Å². The average molecular weight is 412 g/mol. The molecule has 1 amide bonds. The molecule has 2 N–H and O–H groups in total. The van der Waals surface area contributed by atoms with Crippen molar-refractivity contribution in [3.8, 4) is 16.9 Å². The zero-order chi connectivity index (χ0) is 21.8. The van der Waals surface area contributed by atoms with Crippen molar-refractivity contribution in [2.24, 2.45) is 0 Å². The Hall–Kier alpha value is -4.19. The number of amides is 1. The first-order valence-corrected chi connectivity index (χ1v) is 9.82. The summed E-state index contributed by atoms with van der Waals surface area (Å²) in [5, 5.41) is 12.7. The maximum atomic E-state index is 13.2. The van der Waals surface area contributed by atoms with Crippen molar-refractivity contribution in [2.75, 3.05) is 11.9 Å². The summed E-state index contributed by atoms with van der Waals surface area (Å²) in [5.74, 6) is -0.690. The number of carbonyl (C=O) groups is 2. The van der Waals surface area contributed by atoms with Crippen molar-refractivity contribution in [3.63, 3.8) is 0 Å². The number of nitrogens with zero attached hydrogens (tertiary/aromatic N) is 1. The van der Waals surface area contributed by atoms with Crippen LogP contribution >= 0.6 is 0 Å². The Bertz CT molecular complexity index is 1270. The molecule has 0 aliphatic carbocycles. The van der Waals surface area contributed by atoms with E-state index < -0.39 is 5.97 Å². The quantitative estimate of drug-likeness (QED) is 0.451. The number of carbonyl (C=O) groups excluding carboxylic acids is 1. The molecule has 154 valence electrons. The van der Waals surface area contributed by atoms with Crippen LogP contribution in [0.25, 0.3) is 22.0 Å². The van der Waals surface area contributed by atoms with Gasteiger partial charge in [-0.15, -0.1) is 0 Å². The van der Waals surface area contributed by atoms with Crippen LogP contribution < -0.4 is 10.1 Å². The third-order valence-corrected chi connectivity index (χ3v) is 4.82. The van der Waals surface area contributed by atoms with E-state index in [-0.39, 0.29) is 11.5 Å². The number of hydrogen-bond acceptors (Lipinski definition) is 4. The lowest BCUT2D eigenvalue weighted by atomic mass is 9.98. The van der Waals surface area contributed by atoms with Gasteiger partial charge in [-0.25, -0.2) is 4.79 Å². The van der Waals surface area contributed by atoms with Crippen LogP contribution in [0.2, 0.25) is 0 Å². The third-order valence-electron chi connectivity index (χ3n) is 4.82. The van der Waals surface area contributed by atoms with Gasteiger partial charge in [-0.1, -0.05) is 36.4 Å². The molecule has 0 fully saturated rings. The summed E-state index contributed by atoms with van der Waals surface area (Å²) < 4.78 is 5.59. The van der Waals surface area contributed by atoms with E-state index in [4.69, 9.17) is 9.84 Å². The average Bonchev–Trinajstić information content (AvgIpc) is 2.79. The van der Waals surface area contributed by atoms with Gasteiger partial charge < -0.3 is 15.2 Å². The van der Waals surface area contributed by atoms with E-state index in [0.29, 0.717) is 34.5 Å². The largest absolute Gasteiger partial charge is 0.494 e. The van der Waals surface area contributed by atoms with Gasteiger partial charge in [0, 0.05) is 17.3 Å². The molecule has 0 radical (unpaired) electrons. The highest BCUT2D eigenvalue weighted by Gasteiger charge is 2.15. The number of nitrogens with one attached hydrogen (secondary N) is 1. The highest BCUT2D eigenvalue weighted by Crippen LogP contribution is 2.29. The second-order valence-electron chi connectivity index (χ2n) is 6.90. The van der Waals surface area contributed by atoms with Crippen molar-refractivity contribution in [1.29, 1.82) is 0 Å². The fourth-order valence-corrected chi connectivity index (χ4v) is 3.35. The van der Waals surface area contributed by atoms with Crippen LogP contribution in [0.5, 0.6) is 5.75 Å². The SMILES string of the molecule is CCOc1ccc(-c2ccccc2)c(C(=O)Nc2ccc3cc(C(=O)O)cnc3c2)c1. The van der Waals surface area contributed by atoms with Crippen LogP contribution in [-0.4, -0.2) is 28.6 Å². The predicted octanol–water partition coefficient (Wildman–Crippen LogP) is 5.25. The lowest BCUT2D eigenvalue weighted by Crippen LogP contribution is -2.13. The molecular formula is C25H20N2O4. The van der Waals surface area contributed by atoms with E-state index in [1.165, 1.54) is 6.20 Å². The number of ether oxygens (including phenoxy) is 1. The van der Waals surface area contributed by atoms with Crippen LogP contribution in [0.15, 0.2) is 79.0 Å². The van der Waals surface area contributed by atoms with Gasteiger partial charge in [0.1, 0.15) is 5.75 Å². The highest BCUT2D eigenvalue weighted by molar-refractivity contribution is 6.09. The standard InChI is InChI=1S/C25H20N2O4/c1-2-31-20-10-11-21(16-6-4-3-5-7-16)22(14-20)24(28)27-19-9-8-17-12-18(25(29)30)15-26-23(17)13-19/h3-15H,2H2,1H3,(H,27,28)(H,29,30). The fraction of sp³-hybridized carbons (Fsp3) is 0.0800. The molecule has 0 unspecified atom stereocenters. The Morgan fingerprint density at radius 3 is 2.55 bits per heavy atom. The molecule has 0 saturated carbocycles. The summed E-state index contributed by atoms with van der Waals surface area (Å²) in [6, 6.07) is 21.9. The van der Waals surface area contributed by atoms with Crippen molar-refractivity contribution in [2.45, 2.75) is 6.92 Å². The van der Waals surface area contributed by atoms with Crippen LogP contribution in [0.1, 0.15) is 27.6 Å². The molecule has 0 atom stereocenters. The Balaban J connectivity index is 1.68. The monoisotopic (exact) mass is 412 g/mol. The third kappa shape index (κ3) is 4.38. The Morgan fingerprint density at radius 1 is 1.00 bits per heavy atom. The molecule has 1 heterocycles. The van der Waals surface area contributed by atoms with Crippen LogP contribution in [-0.2, 0) is 0 Å². The van der Waals surface area contributed by atoms with Crippen LogP contribution in [0.3, 0.4) is 0 Å². The molecule has 0 saturated heterocycles. The molecule has 4 rings (SSSR count). The van der Waals surface area contributed by atoms with Crippen molar-refractivity contribution < 1.29 is 19.4 Å². The number of fused-ring (bicyclic) bond motifs is 1. The minimum absolute atomic E-state index is 0.115. The second kappa shape index (κ2) is 8.67. The number of rotatable bonds is 6. The van der Waals surface area contributed by atoms with Gasteiger partial charge >= 0.3 is 5.97 Å². The molecule has 3 aromatic carbocycles. The Labute approximate surface area is 179 Å². The second-order valence-corrected chi connectivity index (χ2v) is 6.90. The van der Waals surface area contributed by atoms with Crippen LogP contribution in [0, 0.1) is 0 Å². The van der Waals surface area contributed by atoms with Gasteiger partial charge in [0.25, 0.3) is 5.91 Å². The molecule has 1 aromatic heterocycles. The van der Waals surface area contributed by atoms with E-state index in [0.717, 1.165) is 11.1 Å². The zero-order valence-corrected chi connectivity index (χ0v) is 16.8. The van der Waals surface area contributed by atoms with Gasteiger partial charge in [-0.3, -0.25) is 9.78 Å². The van der Waals surface area contributed by atoms with Gasteiger partial charge in [0.15, 0.2) is 0 Å². The molecule has 0 aliphatic heterocycles. The first-order chi connectivity index (χ1) is 15.0. The van der Waals surface area contributed by atoms with Gasteiger partial charge in [-0.2, -0.15) is 0 Å². The number of hydrogen-bond donors (Lipinski definition) is 2. The first kappa shape index (κ1) is 20.1. The zero-order valence-electron chi connectivity index (χ0n) is 16.8. The lowest BCUT2D eigenvalue weighted by Gasteiger charge is -2.13. The van der Waals surface area contributed by atoms with Gasteiger partial charge in [0.05, 0.1) is 23.3 Å². The Kier molecular flexibility index (Phi) is 5.62. The minimum Gasteiger partial charge on any atom is -0.494 e. The van der Waals surface area contributed by atoms with E-state index >= 15 is 0 Å². The smallest absolute Gasteiger partial charge is 0.337 e. The summed E-state index contributed by atoms with van der Waals surface area (Å²) in [6.45, 7) is 2.39. The van der Waals surface area contributed by atoms with E-state index in [1.54, 1.807) is 30.3 Å². The van der Waals surface area contributed by atoms with E-state index in [9.17, 15) is 9.59 Å². The molecule has 0 aliphatic rings. The lowest BCUT2D eigenvalue weighted by molar-refractivity contribution is 0.0696. The number of aromatic carboxylic acids is 1. The first-order valence-electron chi connectivity index (χ1n) is 9.82. The minimum atomic E-state index is -1.03. The highest BCUT2D eigenvalue weighted by atomic mass is 16.5. The predicted molar refractivity (Wildman–Crippen MR) is 120 cm³/mol. The van der Waals surface area contributed by atoms with Crippen molar-refractivity contribution in [1.82, 2.24) is 4.98 Å². The van der Waals surface area contributed by atoms with Gasteiger partial charge in [-0.05, 0) is 54.4 Å². The van der Waals surface area contributed by atoms with Crippen LogP contribution in [0.4, 0.5) is 5.69 Å². The molecular weight excluding hydrogens is 392 g/mol. The van der Waals surface area contributed by atoms with Crippen molar-refractivity contribution >= 4 is 28.5 Å². The molecule has 0 spiro atoms. The number of anilines is 1. The number of aromatic nitrogens is 1. The summed E-state index contributed by atoms with van der Waals surface area (Å²) in [4.78, 5) is 28.5. The summed E-state index contributed by atoms with van der Waals surface area (Å²) in [5.41, 5.74) is 3.49. The molecule has 0 bridgehead atoms. The Morgan fingerprint density at radius 2 is 1.81 bits per heavy atom. The van der Waals surface area contributed by atoms with Gasteiger partial charge in [0.2, 0.25) is 0 Å². The fourth-order valence-electron chi connectivity index (χ4n) is 3.35. The summed E-state index contributed by atoms with van der Waals surface area (Å²) in [7, 11) is 0. The maximum absolute atomic E-state index is 13.2. The maximum Gasteiger partial charge on any atom is 0.337 e. The molecule has 6 heteroatoms.